The Kier molecular flexibility index (Phi) is 3.99. The lowest BCUT2D eigenvalue weighted by molar-refractivity contribution is -0.138. The topological polar surface area (TPSA) is 53.0 Å². The number of likely N-dealkylation sites (tertiary alicyclic amines) is 1. The highest BCUT2D eigenvalue weighted by atomic mass is 16.2. The van der Waals surface area contributed by atoms with Crippen molar-refractivity contribution >= 4 is 17.5 Å². The number of hydrazone groups is 1. The first-order chi connectivity index (χ1) is 10.2. The van der Waals surface area contributed by atoms with E-state index in [1.807, 2.05) is 30.3 Å². The molecule has 1 aromatic rings. The van der Waals surface area contributed by atoms with Gasteiger partial charge in [0.1, 0.15) is 0 Å². The molecule has 0 aromatic heterocycles. The lowest BCUT2D eigenvalue weighted by Gasteiger charge is -2.30. The number of carbonyl (C=O) groups excluding carboxylic acids is 2. The molecule has 0 atom stereocenters. The van der Waals surface area contributed by atoms with Gasteiger partial charge in [-0.05, 0) is 12.0 Å². The van der Waals surface area contributed by atoms with Crippen LogP contribution in [0.2, 0.25) is 0 Å². The lowest BCUT2D eigenvalue weighted by Crippen LogP contribution is -2.42. The van der Waals surface area contributed by atoms with E-state index in [4.69, 9.17) is 0 Å². The molecule has 0 N–H and O–H groups in total. The third-order valence-electron chi connectivity index (χ3n) is 3.96. The first-order valence-corrected chi connectivity index (χ1v) is 7.45. The van der Waals surface area contributed by atoms with E-state index in [2.05, 4.69) is 5.10 Å². The predicted molar refractivity (Wildman–Crippen MR) is 79.7 cm³/mol. The summed E-state index contributed by atoms with van der Waals surface area (Å²) in [4.78, 5) is 25.7. The molecule has 2 heterocycles. The van der Waals surface area contributed by atoms with Crippen LogP contribution >= 0.6 is 0 Å². The Morgan fingerprint density at radius 2 is 1.71 bits per heavy atom. The highest BCUT2D eigenvalue weighted by Crippen LogP contribution is 2.16. The largest absolute Gasteiger partial charge is 0.343 e. The quantitative estimate of drug-likeness (QED) is 0.844. The molecule has 1 fully saturated rings. The van der Waals surface area contributed by atoms with Gasteiger partial charge in [-0.2, -0.15) is 5.10 Å². The first-order valence-electron chi connectivity index (χ1n) is 7.45. The van der Waals surface area contributed by atoms with Gasteiger partial charge >= 0.3 is 0 Å². The maximum atomic E-state index is 12.1. The van der Waals surface area contributed by atoms with Crippen molar-refractivity contribution in [2.24, 2.45) is 5.10 Å². The van der Waals surface area contributed by atoms with Gasteiger partial charge in [-0.25, -0.2) is 5.01 Å². The van der Waals surface area contributed by atoms with Gasteiger partial charge in [0.05, 0.1) is 12.3 Å². The van der Waals surface area contributed by atoms with Crippen LogP contribution in [0.1, 0.15) is 31.2 Å². The van der Waals surface area contributed by atoms with Crippen molar-refractivity contribution in [2.75, 3.05) is 19.6 Å². The minimum absolute atomic E-state index is 0.0604. The van der Waals surface area contributed by atoms with Crippen LogP contribution in [-0.2, 0) is 9.59 Å². The summed E-state index contributed by atoms with van der Waals surface area (Å²) in [7, 11) is 0. The van der Waals surface area contributed by atoms with Crippen molar-refractivity contribution in [3.8, 4) is 0 Å². The summed E-state index contributed by atoms with van der Waals surface area (Å²) in [6.07, 6.45) is 2.40. The average molecular weight is 285 g/mol. The van der Waals surface area contributed by atoms with E-state index < -0.39 is 0 Å². The number of benzene rings is 1. The van der Waals surface area contributed by atoms with Crippen LogP contribution in [0.5, 0.6) is 0 Å². The molecule has 110 valence electrons. The smallest absolute Gasteiger partial charge is 0.243 e. The molecule has 2 aliphatic heterocycles. The van der Waals surface area contributed by atoms with E-state index >= 15 is 0 Å². The second-order valence-electron chi connectivity index (χ2n) is 5.41. The second-order valence-corrected chi connectivity index (χ2v) is 5.41. The summed E-state index contributed by atoms with van der Waals surface area (Å²) >= 11 is 0. The van der Waals surface area contributed by atoms with Crippen molar-refractivity contribution in [1.82, 2.24) is 9.91 Å². The van der Waals surface area contributed by atoms with Crippen LogP contribution in [0.4, 0.5) is 0 Å². The van der Waals surface area contributed by atoms with Gasteiger partial charge in [0.25, 0.3) is 0 Å². The summed E-state index contributed by atoms with van der Waals surface area (Å²) in [6, 6.07) is 9.89. The molecule has 2 aliphatic rings. The highest BCUT2D eigenvalue weighted by molar-refractivity contribution is 6.02. The van der Waals surface area contributed by atoms with Crippen molar-refractivity contribution in [1.29, 1.82) is 0 Å². The van der Waals surface area contributed by atoms with E-state index in [-0.39, 0.29) is 18.2 Å². The molecule has 1 aromatic carbocycles. The van der Waals surface area contributed by atoms with E-state index in [9.17, 15) is 9.59 Å². The molecule has 0 radical (unpaired) electrons. The summed E-state index contributed by atoms with van der Waals surface area (Å²) in [5.41, 5.74) is 2.00. The fourth-order valence-corrected chi connectivity index (χ4v) is 2.54. The zero-order valence-corrected chi connectivity index (χ0v) is 12.0. The van der Waals surface area contributed by atoms with E-state index in [1.54, 1.807) is 4.90 Å². The van der Waals surface area contributed by atoms with Crippen LogP contribution in [0.15, 0.2) is 35.4 Å². The van der Waals surface area contributed by atoms with Crippen LogP contribution in [0.3, 0.4) is 0 Å². The summed E-state index contributed by atoms with van der Waals surface area (Å²) in [6.45, 7) is 2.29. The number of hydrogen-bond acceptors (Lipinski definition) is 3. The Bertz CT molecular complexity index is 564. The van der Waals surface area contributed by atoms with Gasteiger partial charge < -0.3 is 4.90 Å². The SMILES string of the molecule is O=C(CCC(=O)N1CCC(c2ccccc2)=N1)N1CCC1. The number of nitrogens with zero attached hydrogens (tertiary/aromatic N) is 3. The maximum Gasteiger partial charge on any atom is 0.243 e. The Labute approximate surface area is 124 Å². The third kappa shape index (κ3) is 3.12. The lowest BCUT2D eigenvalue weighted by atomic mass is 10.1. The number of carbonyl (C=O) groups is 2. The molecule has 0 saturated carbocycles. The Morgan fingerprint density at radius 3 is 2.38 bits per heavy atom. The fraction of sp³-hybridized carbons (Fsp3) is 0.438. The molecular weight excluding hydrogens is 266 g/mol. The minimum atomic E-state index is -0.0604. The minimum Gasteiger partial charge on any atom is -0.343 e. The monoisotopic (exact) mass is 285 g/mol. The molecule has 0 aliphatic carbocycles. The third-order valence-corrected chi connectivity index (χ3v) is 3.96. The van der Waals surface area contributed by atoms with Crippen LogP contribution in [-0.4, -0.2) is 47.1 Å². The fourth-order valence-electron chi connectivity index (χ4n) is 2.54. The standard InChI is InChI=1S/C16H19N3O2/c20-15(18-10-4-11-18)7-8-16(21)19-12-9-14(17-19)13-5-2-1-3-6-13/h1-3,5-6H,4,7-12H2. The van der Waals surface area contributed by atoms with Gasteiger partial charge in [0, 0.05) is 32.4 Å². The Balaban J connectivity index is 1.54. The molecule has 0 unspecified atom stereocenters. The summed E-state index contributed by atoms with van der Waals surface area (Å²) < 4.78 is 0. The van der Waals surface area contributed by atoms with Crippen LogP contribution in [0.25, 0.3) is 0 Å². The maximum absolute atomic E-state index is 12.1. The number of rotatable bonds is 4. The second kappa shape index (κ2) is 6.08. The molecule has 2 amide bonds. The molecule has 0 bridgehead atoms. The number of amides is 2. The van der Waals surface area contributed by atoms with E-state index in [1.165, 1.54) is 5.01 Å². The molecule has 21 heavy (non-hydrogen) atoms. The summed E-state index contributed by atoms with van der Waals surface area (Å²) in [5, 5.41) is 5.90. The van der Waals surface area contributed by atoms with Gasteiger partial charge in [0.15, 0.2) is 0 Å². The van der Waals surface area contributed by atoms with Gasteiger partial charge in [0.2, 0.25) is 11.8 Å². The highest BCUT2D eigenvalue weighted by Gasteiger charge is 2.24. The van der Waals surface area contributed by atoms with E-state index in [0.29, 0.717) is 13.0 Å². The van der Waals surface area contributed by atoms with Crippen molar-refractivity contribution < 1.29 is 9.59 Å². The zero-order chi connectivity index (χ0) is 14.7. The Morgan fingerprint density at radius 1 is 1.00 bits per heavy atom. The summed E-state index contributed by atoms with van der Waals surface area (Å²) in [5.74, 6) is 0.0239. The Hall–Kier alpha value is -2.17. The van der Waals surface area contributed by atoms with Crippen molar-refractivity contribution in [3.05, 3.63) is 35.9 Å². The normalized spacial score (nSPS) is 17.4. The first kappa shape index (κ1) is 13.8. The molecule has 5 nitrogen and oxygen atoms in total. The average Bonchev–Trinajstić information content (AvgIpc) is 2.94. The molecule has 1 saturated heterocycles. The van der Waals surface area contributed by atoms with Crippen molar-refractivity contribution in [2.45, 2.75) is 25.7 Å². The number of hydrogen-bond donors (Lipinski definition) is 0. The van der Waals surface area contributed by atoms with E-state index in [0.717, 1.165) is 37.2 Å². The molecule has 5 heteroatoms. The predicted octanol–water partition coefficient (Wildman–Crippen LogP) is 1.64. The van der Waals surface area contributed by atoms with Crippen molar-refractivity contribution in [3.63, 3.8) is 0 Å². The molecular formula is C16H19N3O2. The van der Waals surface area contributed by atoms with Gasteiger partial charge in [-0.1, -0.05) is 30.3 Å². The van der Waals surface area contributed by atoms with Crippen LogP contribution < -0.4 is 0 Å². The molecule has 0 spiro atoms. The van der Waals surface area contributed by atoms with Gasteiger partial charge in [-0.3, -0.25) is 9.59 Å². The molecule has 3 rings (SSSR count). The zero-order valence-electron chi connectivity index (χ0n) is 12.0. The van der Waals surface area contributed by atoms with Crippen LogP contribution in [0, 0.1) is 0 Å². The van der Waals surface area contributed by atoms with Gasteiger partial charge in [-0.15, -0.1) is 0 Å².